The smallest absolute Gasteiger partial charge is 0.226 e. The molecule has 0 bridgehead atoms. The summed E-state index contributed by atoms with van der Waals surface area (Å²) in [5, 5.41) is 0.843. The second kappa shape index (κ2) is 7.41. The Morgan fingerprint density at radius 2 is 1.97 bits per heavy atom. The maximum Gasteiger partial charge on any atom is 0.226 e. The highest BCUT2D eigenvalue weighted by Crippen LogP contribution is 2.54. The van der Waals surface area contributed by atoms with Crippen molar-refractivity contribution in [3.8, 4) is 11.1 Å². The molecule has 4 rings (SSSR count). The fourth-order valence-electron chi connectivity index (χ4n) is 3.83. The fraction of sp³-hybridized carbons (Fsp3) is 0.421. The lowest BCUT2D eigenvalue weighted by Gasteiger charge is -2.41. The second-order valence-corrected chi connectivity index (χ2v) is 10.1. The number of nitrogens with one attached hydrogen (secondary N) is 1. The highest BCUT2D eigenvalue weighted by Gasteiger charge is 2.51. The number of carbonyl (C=O) groups excluding carboxylic acids is 1. The molecule has 0 radical (unpaired) electrons. The number of halogens is 3. The number of rotatable bonds is 6. The molecular formula is C19H19F3N2O3S2. The van der Waals surface area contributed by atoms with Crippen LogP contribution in [0, 0.1) is 22.7 Å². The molecule has 3 atom stereocenters. The molecular weight excluding hydrogens is 425 g/mol. The first kappa shape index (κ1) is 20.4. The Kier molecular flexibility index (Phi) is 5.20. The second-order valence-electron chi connectivity index (χ2n) is 7.48. The summed E-state index contributed by atoms with van der Waals surface area (Å²) in [7, 11) is -3.35. The standard InChI is InChI=1S/C19H19F3N2O3S2/c1-29(26,27)23-8-10-5-6-24(10)19(25)12-7-11(12)16-13(9-28-18(16)22)17-14(20)3-2-4-15(17)21/h2-4,9-12,23H,5-8H2,1H3/t10-,11?,12?/m0/s1. The maximum absolute atomic E-state index is 14.5. The molecule has 2 aliphatic rings. The molecule has 5 nitrogen and oxygen atoms in total. The number of hydrogen-bond acceptors (Lipinski definition) is 4. The van der Waals surface area contributed by atoms with Gasteiger partial charge in [0, 0.05) is 47.5 Å². The van der Waals surface area contributed by atoms with Crippen LogP contribution in [-0.2, 0) is 14.8 Å². The van der Waals surface area contributed by atoms with Crippen LogP contribution >= 0.6 is 11.3 Å². The number of amides is 1. The summed E-state index contributed by atoms with van der Waals surface area (Å²) in [5.41, 5.74) is 0.0610. The van der Waals surface area contributed by atoms with Gasteiger partial charge in [-0.1, -0.05) is 6.07 Å². The zero-order valence-corrected chi connectivity index (χ0v) is 17.1. The van der Waals surface area contributed by atoms with Crippen LogP contribution in [0.2, 0.25) is 0 Å². The highest BCUT2D eigenvalue weighted by atomic mass is 32.2. The number of carbonyl (C=O) groups is 1. The van der Waals surface area contributed by atoms with Crippen LogP contribution in [0.3, 0.4) is 0 Å². The molecule has 1 saturated heterocycles. The summed E-state index contributed by atoms with van der Waals surface area (Å²) >= 11 is 0.763. The van der Waals surface area contributed by atoms with Gasteiger partial charge in [-0.2, -0.15) is 4.39 Å². The molecule has 10 heteroatoms. The lowest BCUT2D eigenvalue weighted by atomic mass is 9.98. The molecule has 1 N–H and O–H groups in total. The van der Waals surface area contributed by atoms with Gasteiger partial charge >= 0.3 is 0 Å². The molecule has 29 heavy (non-hydrogen) atoms. The van der Waals surface area contributed by atoms with Crippen molar-refractivity contribution in [1.82, 2.24) is 9.62 Å². The highest BCUT2D eigenvalue weighted by molar-refractivity contribution is 7.88. The number of sulfonamides is 1. The third kappa shape index (κ3) is 3.93. The molecule has 1 aliphatic heterocycles. The van der Waals surface area contributed by atoms with Crippen molar-refractivity contribution >= 4 is 27.3 Å². The summed E-state index contributed by atoms with van der Waals surface area (Å²) < 4.78 is 67.8. The molecule has 2 aromatic rings. The van der Waals surface area contributed by atoms with Gasteiger partial charge in [0.15, 0.2) is 5.13 Å². The van der Waals surface area contributed by atoms with Gasteiger partial charge in [0.2, 0.25) is 15.9 Å². The fourth-order valence-corrected chi connectivity index (χ4v) is 5.18. The van der Waals surface area contributed by atoms with E-state index < -0.39 is 38.6 Å². The Morgan fingerprint density at radius 1 is 1.28 bits per heavy atom. The summed E-state index contributed by atoms with van der Waals surface area (Å²) in [6.07, 6.45) is 2.14. The summed E-state index contributed by atoms with van der Waals surface area (Å²) in [6.45, 7) is 0.652. The molecule has 2 fully saturated rings. The van der Waals surface area contributed by atoms with Crippen molar-refractivity contribution in [2.75, 3.05) is 19.3 Å². The van der Waals surface area contributed by atoms with Crippen molar-refractivity contribution < 1.29 is 26.4 Å². The average molecular weight is 445 g/mol. The number of benzene rings is 1. The van der Waals surface area contributed by atoms with Gasteiger partial charge in [-0.3, -0.25) is 4.79 Å². The van der Waals surface area contributed by atoms with E-state index in [1.807, 2.05) is 0 Å². The Hall–Kier alpha value is -1.91. The van der Waals surface area contributed by atoms with E-state index in [0.717, 1.165) is 29.7 Å². The van der Waals surface area contributed by atoms with E-state index in [1.54, 1.807) is 4.90 Å². The topological polar surface area (TPSA) is 66.5 Å². The van der Waals surface area contributed by atoms with E-state index >= 15 is 0 Å². The monoisotopic (exact) mass is 444 g/mol. The maximum atomic E-state index is 14.5. The zero-order valence-electron chi connectivity index (χ0n) is 15.5. The SMILES string of the molecule is CS(=O)(=O)NC[C@@H]1CCN1C(=O)C1CC1c1c(-c2c(F)cccc2F)csc1F. The lowest BCUT2D eigenvalue weighted by Crippen LogP contribution is -2.56. The van der Waals surface area contributed by atoms with Crippen molar-refractivity contribution in [3.63, 3.8) is 0 Å². The Bertz CT molecular complexity index is 1050. The van der Waals surface area contributed by atoms with Gasteiger partial charge in [-0.15, -0.1) is 11.3 Å². The van der Waals surface area contributed by atoms with Crippen LogP contribution in [-0.4, -0.2) is 44.6 Å². The summed E-state index contributed by atoms with van der Waals surface area (Å²) in [4.78, 5) is 14.4. The molecule has 156 valence electrons. The first-order chi connectivity index (χ1) is 13.7. The first-order valence-electron chi connectivity index (χ1n) is 9.13. The largest absolute Gasteiger partial charge is 0.338 e. The molecule has 1 saturated carbocycles. The summed E-state index contributed by atoms with van der Waals surface area (Å²) in [5.74, 6) is -2.63. The van der Waals surface area contributed by atoms with Crippen molar-refractivity contribution in [3.05, 3.63) is 45.9 Å². The van der Waals surface area contributed by atoms with E-state index in [2.05, 4.69) is 4.72 Å². The molecule has 2 unspecified atom stereocenters. The van der Waals surface area contributed by atoms with E-state index in [1.165, 1.54) is 11.4 Å². The molecule has 1 amide bonds. The normalized spacial score (nSPS) is 23.7. The van der Waals surface area contributed by atoms with Crippen LogP contribution in [0.25, 0.3) is 11.1 Å². The minimum absolute atomic E-state index is 0.139. The molecule has 1 aliphatic carbocycles. The number of hydrogen-bond donors (Lipinski definition) is 1. The molecule has 1 aromatic heterocycles. The quantitative estimate of drug-likeness (QED) is 0.745. The predicted octanol–water partition coefficient (Wildman–Crippen LogP) is 3.09. The minimum atomic E-state index is -3.35. The molecule has 2 heterocycles. The van der Waals surface area contributed by atoms with Crippen LogP contribution in [0.1, 0.15) is 24.3 Å². The van der Waals surface area contributed by atoms with E-state index in [4.69, 9.17) is 0 Å². The Balaban J connectivity index is 1.52. The van der Waals surface area contributed by atoms with Gasteiger partial charge in [0.1, 0.15) is 11.6 Å². The van der Waals surface area contributed by atoms with Crippen LogP contribution in [0.4, 0.5) is 13.2 Å². The van der Waals surface area contributed by atoms with E-state index in [-0.39, 0.29) is 35.2 Å². The van der Waals surface area contributed by atoms with Gasteiger partial charge in [0.05, 0.1) is 11.8 Å². The average Bonchev–Trinajstić information content (AvgIpc) is 3.29. The van der Waals surface area contributed by atoms with Crippen LogP contribution in [0.5, 0.6) is 0 Å². The Morgan fingerprint density at radius 3 is 2.55 bits per heavy atom. The molecule has 1 aromatic carbocycles. The first-order valence-corrected chi connectivity index (χ1v) is 11.9. The third-order valence-electron chi connectivity index (χ3n) is 5.50. The number of nitrogens with zero attached hydrogens (tertiary/aromatic N) is 1. The zero-order chi connectivity index (χ0) is 20.9. The molecule has 0 spiro atoms. The lowest BCUT2D eigenvalue weighted by molar-refractivity contribution is -0.140. The van der Waals surface area contributed by atoms with Crippen molar-refractivity contribution in [1.29, 1.82) is 0 Å². The number of thiophene rings is 1. The van der Waals surface area contributed by atoms with Crippen LogP contribution in [0.15, 0.2) is 23.6 Å². The van der Waals surface area contributed by atoms with Gasteiger partial charge in [0.25, 0.3) is 0 Å². The number of likely N-dealkylation sites (tertiary alicyclic amines) is 1. The van der Waals surface area contributed by atoms with E-state index in [0.29, 0.717) is 19.4 Å². The van der Waals surface area contributed by atoms with Gasteiger partial charge in [-0.25, -0.2) is 21.9 Å². The van der Waals surface area contributed by atoms with E-state index in [9.17, 15) is 26.4 Å². The summed E-state index contributed by atoms with van der Waals surface area (Å²) in [6, 6.07) is 3.25. The minimum Gasteiger partial charge on any atom is -0.338 e. The van der Waals surface area contributed by atoms with Gasteiger partial charge in [-0.05, 0) is 25.0 Å². The Labute approximate surface area is 170 Å². The van der Waals surface area contributed by atoms with Crippen molar-refractivity contribution in [2.24, 2.45) is 5.92 Å². The van der Waals surface area contributed by atoms with Crippen molar-refractivity contribution in [2.45, 2.75) is 24.8 Å². The third-order valence-corrected chi connectivity index (χ3v) is 6.97. The predicted molar refractivity (Wildman–Crippen MR) is 103 cm³/mol. The van der Waals surface area contributed by atoms with Crippen LogP contribution < -0.4 is 4.72 Å². The van der Waals surface area contributed by atoms with Gasteiger partial charge < -0.3 is 4.90 Å².